The lowest BCUT2D eigenvalue weighted by atomic mass is 10.1. The van der Waals surface area contributed by atoms with Gasteiger partial charge in [-0.3, -0.25) is 4.79 Å². The lowest BCUT2D eigenvalue weighted by Gasteiger charge is -2.36. The molecule has 0 radical (unpaired) electrons. The first-order valence-electron chi connectivity index (χ1n) is 15.6. The van der Waals surface area contributed by atoms with Gasteiger partial charge >= 0.3 is 6.03 Å². The molecular formula is C32H41N9O4. The number of hydrogen-bond donors (Lipinski definition) is 2. The summed E-state index contributed by atoms with van der Waals surface area (Å²) in [4.78, 5) is 48.6. The van der Waals surface area contributed by atoms with Crippen molar-refractivity contribution >= 4 is 35.2 Å². The minimum Gasteiger partial charge on any atom is -0.377 e. The number of urea groups is 1. The van der Waals surface area contributed by atoms with Gasteiger partial charge in [-0.05, 0) is 69.4 Å². The Bertz CT molecular complexity index is 1440. The summed E-state index contributed by atoms with van der Waals surface area (Å²) >= 11 is 0. The van der Waals surface area contributed by atoms with Crippen LogP contribution in [0.25, 0.3) is 11.4 Å². The van der Waals surface area contributed by atoms with Gasteiger partial charge in [-0.15, -0.1) is 0 Å². The van der Waals surface area contributed by atoms with Gasteiger partial charge in [0.25, 0.3) is 5.91 Å². The summed E-state index contributed by atoms with van der Waals surface area (Å²) in [6, 6.07) is 14.3. The molecule has 1 aromatic heterocycles. The van der Waals surface area contributed by atoms with Crippen molar-refractivity contribution in [1.29, 1.82) is 0 Å². The highest BCUT2D eigenvalue weighted by atomic mass is 16.5. The summed E-state index contributed by atoms with van der Waals surface area (Å²) in [5, 5.41) is 5.71. The Kier molecular flexibility index (Phi) is 9.38. The molecule has 3 aromatic rings. The van der Waals surface area contributed by atoms with Crippen LogP contribution < -0.4 is 20.4 Å². The summed E-state index contributed by atoms with van der Waals surface area (Å²) in [5.74, 6) is 1.83. The number of piperazine rings is 1. The van der Waals surface area contributed by atoms with Crippen LogP contribution in [0.15, 0.2) is 48.5 Å². The number of morpholine rings is 2. The molecule has 6 rings (SSSR count). The third-order valence-electron chi connectivity index (χ3n) is 8.44. The molecule has 3 amide bonds. The zero-order valence-corrected chi connectivity index (χ0v) is 26.1. The van der Waals surface area contributed by atoms with Gasteiger partial charge in [-0.2, -0.15) is 15.0 Å². The number of ether oxygens (including phenoxy) is 2. The van der Waals surface area contributed by atoms with Crippen molar-refractivity contribution in [3.63, 3.8) is 0 Å². The normalized spacial score (nSPS) is 21.0. The number of carbonyl (C=O) groups excluding carboxylic acids is 2. The third kappa shape index (κ3) is 7.32. The summed E-state index contributed by atoms with van der Waals surface area (Å²) in [6.45, 7) is 11.3. The summed E-state index contributed by atoms with van der Waals surface area (Å²) < 4.78 is 11.3. The smallest absolute Gasteiger partial charge is 0.323 e. The van der Waals surface area contributed by atoms with E-state index >= 15 is 0 Å². The van der Waals surface area contributed by atoms with E-state index in [-0.39, 0.29) is 24.0 Å². The molecule has 0 aliphatic carbocycles. The van der Waals surface area contributed by atoms with Crippen molar-refractivity contribution in [3.05, 3.63) is 54.1 Å². The van der Waals surface area contributed by atoms with Crippen LogP contribution in [0, 0.1) is 0 Å². The summed E-state index contributed by atoms with van der Waals surface area (Å²) in [6.07, 6.45) is 0. The van der Waals surface area contributed by atoms with Crippen LogP contribution in [0.1, 0.15) is 24.2 Å². The topological polar surface area (TPSA) is 128 Å². The number of hydrogen-bond acceptors (Lipinski definition) is 10. The molecule has 45 heavy (non-hydrogen) atoms. The van der Waals surface area contributed by atoms with Crippen LogP contribution in [-0.2, 0) is 9.47 Å². The molecular weight excluding hydrogens is 574 g/mol. The number of aromatic nitrogens is 3. The van der Waals surface area contributed by atoms with E-state index in [1.54, 1.807) is 24.3 Å². The van der Waals surface area contributed by atoms with Crippen molar-refractivity contribution in [1.82, 2.24) is 24.8 Å². The zero-order valence-electron chi connectivity index (χ0n) is 26.1. The standard InChI is InChI=1S/C32H41N9O4/c1-22-20-44-18-16-40(22)30-35-28(36-31(37-30)41-17-19-45-21-23(41)2)24-4-8-26(9-5-24)33-32(43)34-27-10-6-25(7-11-27)29(42)39-14-12-38(3)13-15-39/h4-11,22-23H,12-21H2,1-3H3,(H2,33,34,43). The zero-order chi connectivity index (χ0) is 31.3. The van der Waals surface area contributed by atoms with E-state index in [0.29, 0.717) is 87.3 Å². The number of anilines is 4. The first kappa shape index (κ1) is 30.7. The Morgan fingerprint density at radius 2 is 1.22 bits per heavy atom. The minimum absolute atomic E-state index is 0.00974. The molecule has 0 saturated carbocycles. The number of nitrogens with zero attached hydrogens (tertiary/aromatic N) is 7. The molecule has 2 atom stereocenters. The van der Waals surface area contributed by atoms with Crippen LogP contribution in [0.3, 0.4) is 0 Å². The van der Waals surface area contributed by atoms with Crippen LogP contribution >= 0.6 is 0 Å². The minimum atomic E-state index is -0.381. The molecule has 238 valence electrons. The van der Waals surface area contributed by atoms with Crippen molar-refractivity contribution < 1.29 is 19.1 Å². The Balaban J connectivity index is 1.12. The highest BCUT2D eigenvalue weighted by molar-refractivity contribution is 6.00. The first-order chi connectivity index (χ1) is 21.8. The van der Waals surface area contributed by atoms with Gasteiger partial charge in [0.1, 0.15) is 0 Å². The van der Waals surface area contributed by atoms with E-state index in [2.05, 4.69) is 46.2 Å². The lowest BCUT2D eigenvalue weighted by Crippen LogP contribution is -2.47. The Morgan fingerprint density at radius 3 is 1.73 bits per heavy atom. The number of benzene rings is 2. The van der Waals surface area contributed by atoms with Crippen molar-refractivity contribution in [2.24, 2.45) is 0 Å². The molecule has 2 unspecified atom stereocenters. The van der Waals surface area contributed by atoms with Crippen molar-refractivity contribution in [3.8, 4) is 11.4 Å². The Hall–Kier alpha value is -4.33. The largest absolute Gasteiger partial charge is 0.377 e. The molecule has 3 fully saturated rings. The van der Waals surface area contributed by atoms with Crippen molar-refractivity contribution in [2.75, 3.05) is 93.2 Å². The SMILES string of the molecule is CC1COCCN1c1nc(-c2ccc(NC(=O)Nc3ccc(C(=O)N4CCN(C)CC4)cc3)cc2)nc(N2CCOCC2C)n1. The van der Waals surface area contributed by atoms with Crippen LogP contribution in [0.2, 0.25) is 0 Å². The molecule has 0 bridgehead atoms. The highest BCUT2D eigenvalue weighted by Crippen LogP contribution is 2.26. The number of carbonyl (C=O) groups is 2. The van der Waals surface area contributed by atoms with Gasteiger partial charge in [0.15, 0.2) is 5.82 Å². The average molecular weight is 616 g/mol. The molecule has 13 nitrogen and oxygen atoms in total. The monoisotopic (exact) mass is 615 g/mol. The van der Waals surface area contributed by atoms with Gasteiger partial charge in [0.05, 0.1) is 38.5 Å². The van der Waals surface area contributed by atoms with Gasteiger partial charge in [-0.25, -0.2) is 4.79 Å². The number of likely N-dealkylation sites (N-methyl/N-ethyl adjacent to an activating group) is 1. The fourth-order valence-corrected chi connectivity index (χ4v) is 5.67. The van der Waals surface area contributed by atoms with E-state index in [1.165, 1.54) is 0 Å². The van der Waals surface area contributed by atoms with Crippen LogP contribution in [0.4, 0.5) is 28.1 Å². The predicted octanol–water partition coefficient (Wildman–Crippen LogP) is 3.02. The van der Waals surface area contributed by atoms with E-state index in [0.717, 1.165) is 18.7 Å². The Labute approximate surface area is 263 Å². The maximum atomic E-state index is 12.8. The van der Waals surface area contributed by atoms with Gasteiger partial charge < -0.3 is 39.7 Å². The van der Waals surface area contributed by atoms with Gasteiger partial charge in [-0.1, -0.05) is 0 Å². The van der Waals surface area contributed by atoms with Crippen molar-refractivity contribution in [2.45, 2.75) is 25.9 Å². The van der Waals surface area contributed by atoms with E-state index in [9.17, 15) is 9.59 Å². The fourth-order valence-electron chi connectivity index (χ4n) is 5.67. The summed E-state index contributed by atoms with van der Waals surface area (Å²) in [5.41, 5.74) is 2.64. The second-order valence-corrected chi connectivity index (χ2v) is 11.8. The first-order valence-corrected chi connectivity index (χ1v) is 15.6. The lowest BCUT2D eigenvalue weighted by molar-refractivity contribution is 0.0664. The number of nitrogens with one attached hydrogen (secondary N) is 2. The third-order valence-corrected chi connectivity index (χ3v) is 8.44. The average Bonchev–Trinajstić information content (AvgIpc) is 3.06. The van der Waals surface area contributed by atoms with Crippen LogP contribution in [0.5, 0.6) is 0 Å². The molecule has 13 heteroatoms. The predicted molar refractivity (Wildman–Crippen MR) is 173 cm³/mol. The molecule has 3 aliphatic heterocycles. The maximum absolute atomic E-state index is 12.8. The molecule has 3 aliphatic rings. The summed E-state index contributed by atoms with van der Waals surface area (Å²) in [7, 11) is 2.06. The Morgan fingerprint density at radius 1 is 0.711 bits per heavy atom. The molecule has 2 N–H and O–H groups in total. The molecule has 2 aromatic carbocycles. The van der Waals surface area contributed by atoms with E-state index in [4.69, 9.17) is 24.4 Å². The number of amides is 3. The second kappa shape index (κ2) is 13.8. The fraction of sp³-hybridized carbons (Fsp3) is 0.469. The van der Waals surface area contributed by atoms with Gasteiger partial charge in [0, 0.05) is 61.8 Å². The van der Waals surface area contributed by atoms with E-state index in [1.807, 2.05) is 29.2 Å². The molecule has 0 spiro atoms. The molecule has 4 heterocycles. The maximum Gasteiger partial charge on any atom is 0.323 e. The number of rotatable bonds is 6. The van der Waals surface area contributed by atoms with Gasteiger partial charge in [0.2, 0.25) is 11.9 Å². The molecule has 3 saturated heterocycles. The van der Waals surface area contributed by atoms with Crippen LogP contribution in [-0.4, -0.2) is 122 Å². The second-order valence-electron chi connectivity index (χ2n) is 11.8. The van der Waals surface area contributed by atoms with E-state index < -0.39 is 0 Å². The quantitative estimate of drug-likeness (QED) is 0.427. The highest BCUT2D eigenvalue weighted by Gasteiger charge is 2.27.